The fourth-order valence-electron chi connectivity index (χ4n) is 4.08. The molecule has 0 radical (unpaired) electrons. The van der Waals surface area contributed by atoms with Crippen LogP contribution in [0.25, 0.3) is 11.2 Å². The highest BCUT2D eigenvalue weighted by Crippen LogP contribution is 2.38. The second-order valence-electron chi connectivity index (χ2n) is 8.50. The molecule has 2 unspecified atom stereocenters. The van der Waals surface area contributed by atoms with Crippen LogP contribution in [0.3, 0.4) is 0 Å². The summed E-state index contributed by atoms with van der Waals surface area (Å²) >= 11 is 1.69. The van der Waals surface area contributed by atoms with E-state index in [0.29, 0.717) is 6.42 Å². The maximum Gasteiger partial charge on any atom is 0.245 e. The monoisotopic (exact) mass is 456 g/mol. The van der Waals surface area contributed by atoms with Crippen LogP contribution in [0.5, 0.6) is 0 Å². The Balaban J connectivity index is 2.00. The second kappa shape index (κ2) is 10.0. The molecule has 2 aromatic heterocycles. The number of carbonyl (C=O) groups is 1. The zero-order chi connectivity index (χ0) is 23.6. The first-order valence-electron chi connectivity index (χ1n) is 11.2. The van der Waals surface area contributed by atoms with Crippen molar-refractivity contribution in [2.75, 3.05) is 14.1 Å². The van der Waals surface area contributed by atoms with Gasteiger partial charge in [0.2, 0.25) is 5.91 Å². The molecule has 3 rings (SSSR count). The van der Waals surface area contributed by atoms with Gasteiger partial charge < -0.3 is 9.47 Å². The predicted molar refractivity (Wildman–Crippen MR) is 130 cm³/mol. The lowest BCUT2D eigenvalue weighted by Crippen LogP contribution is -2.31. The molecule has 2 heterocycles. The average molecular weight is 457 g/mol. The number of likely N-dealkylation sites (N-methyl/N-ethyl adjacent to an activating group) is 1. The lowest BCUT2D eigenvalue weighted by Gasteiger charge is -2.21. The number of aromatic nitrogens is 3. The Labute approximate surface area is 194 Å². The molecular weight excluding hydrogens is 423 g/mol. The molecule has 2 atom stereocenters. The van der Waals surface area contributed by atoms with Gasteiger partial charge in [-0.2, -0.15) is 0 Å². The van der Waals surface area contributed by atoms with Gasteiger partial charge in [0.25, 0.3) is 0 Å². The SMILES string of the molecule is CCCc1cc(F)ccc1SC(C)c1nc2c(C)cn(C(CC)C(=O)N(C)C)c2nc1C. The highest BCUT2D eigenvalue weighted by molar-refractivity contribution is 7.99. The maximum atomic E-state index is 13.8. The fraction of sp³-hybridized carbons (Fsp3) is 0.480. The van der Waals surface area contributed by atoms with Gasteiger partial charge in [-0.05, 0) is 62.9 Å². The van der Waals surface area contributed by atoms with Crippen LogP contribution in [0.1, 0.15) is 67.4 Å². The van der Waals surface area contributed by atoms with Crippen LogP contribution < -0.4 is 0 Å². The quantitative estimate of drug-likeness (QED) is 0.388. The molecular formula is C25H33FN4OS. The molecule has 0 aliphatic heterocycles. The summed E-state index contributed by atoms with van der Waals surface area (Å²) in [5, 5.41) is 0.0566. The highest BCUT2D eigenvalue weighted by Gasteiger charge is 2.25. The van der Waals surface area contributed by atoms with Crippen molar-refractivity contribution >= 4 is 28.8 Å². The van der Waals surface area contributed by atoms with Gasteiger partial charge in [-0.15, -0.1) is 11.8 Å². The molecule has 0 aliphatic carbocycles. The first-order chi connectivity index (χ1) is 15.2. The number of hydrogen-bond acceptors (Lipinski definition) is 4. The summed E-state index contributed by atoms with van der Waals surface area (Å²) in [5.74, 6) is -0.144. The van der Waals surface area contributed by atoms with Crippen LogP contribution in [-0.2, 0) is 11.2 Å². The van der Waals surface area contributed by atoms with Crippen molar-refractivity contribution in [1.82, 2.24) is 19.4 Å². The first kappa shape index (κ1) is 24.2. The van der Waals surface area contributed by atoms with Crippen LogP contribution in [-0.4, -0.2) is 39.4 Å². The van der Waals surface area contributed by atoms with E-state index in [0.717, 1.165) is 51.4 Å². The Bertz CT molecular complexity index is 1120. The van der Waals surface area contributed by atoms with Crippen molar-refractivity contribution in [1.29, 1.82) is 0 Å². The third-order valence-electron chi connectivity index (χ3n) is 5.72. The summed E-state index contributed by atoms with van der Waals surface area (Å²) in [6.07, 6.45) is 4.48. The van der Waals surface area contributed by atoms with Gasteiger partial charge in [0.05, 0.1) is 16.6 Å². The smallest absolute Gasteiger partial charge is 0.245 e. The number of thioether (sulfide) groups is 1. The minimum Gasteiger partial charge on any atom is -0.347 e. The third kappa shape index (κ3) is 4.82. The summed E-state index contributed by atoms with van der Waals surface area (Å²) in [6, 6.07) is 4.72. The Morgan fingerprint density at radius 2 is 1.94 bits per heavy atom. The lowest BCUT2D eigenvalue weighted by atomic mass is 10.1. The summed E-state index contributed by atoms with van der Waals surface area (Å²) in [5.41, 5.74) is 5.38. The summed E-state index contributed by atoms with van der Waals surface area (Å²) in [4.78, 5) is 25.3. The van der Waals surface area contributed by atoms with Crippen LogP contribution in [0.2, 0.25) is 0 Å². The predicted octanol–water partition coefficient (Wildman–Crippen LogP) is 6.03. The zero-order valence-corrected chi connectivity index (χ0v) is 20.9. The molecule has 3 aromatic rings. The van der Waals surface area contributed by atoms with E-state index in [9.17, 15) is 9.18 Å². The molecule has 0 spiro atoms. The number of aryl methyl sites for hydroxylation is 3. The molecule has 0 N–H and O–H groups in total. The number of halogens is 1. The minimum absolute atomic E-state index is 0.0524. The Kier molecular flexibility index (Phi) is 7.59. The number of fused-ring (bicyclic) bond motifs is 1. The molecule has 1 aromatic carbocycles. The van der Waals surface area contributed by atoms with E-state index in [1.807, 2.05) is 37.6 Å². The minimum atomic E-state index is -0.302. The molecule has 0 saturated heterocycles. The number of amides is 1. The van der Waals surface area contributed by atoms with Crippen LogP contribution in [0, 0.1) is 19.7 Å². The van der Waals surface area contributed by atoms with Crippen LogP contribution >= 0.6 is 11.8 Å². The Hall–Kier alpha value is -2.41. The van der Waals surface area contributed by atoms with E-state index in [-0.39, 0.29) is 23.0 Å². The fourth-order valence-corrected chi connectivity index (χ4v) is 5.26. The molecule has 32 heavy (non-hydrogen) atoms. The number of nitrogens with zero attached hydrogens (tertiary/aromatic N) is 4. The van der Waals surface area contributed by atoms with Gasteiger partial charge in [0, 0.05) is 25.2 Å². The molecule has 1 amide bonds. The topological polar surface area (TPSA) is 51.0 Å². The summed E-state index contributed by atoms with van der Waals surface area (Å²) in [6.45, 7) is 10.2. The summed E-state index contributed by atoms with van der Waals surface area (Å²) < 4.78 is 15.7. The lowest BCUT2D eigenvalue weighted by molar-refractivity contribution is -0.132. The second-order valence-corrected chi connectivity index (χ2v) is 9.89. The molecule has 5 nitrogen and oxygen atoms in total. The van der Waals surface area contributed by atoms with E-state index in [1.54, 1.807) is 36.8 Å². The van der Waals surface area contributed by atoms with Gasteiger partial charge >= 0.3 is 0 Å². The molecule has 0 aliphatic rings. The van der Waals surface area contributed by atoms with Crippen molar-refractivity contribution < 1.29 is 9.18 Å². The van der Waals surface area contributed by atoms with Crippen molar-refractivity contribution in [2.45, 2.75) is 70.1 Å². The van der Waals surface area contributed by atoms with Gasteiger partial charge in [-0.1, -0.05) is 20.3 Å². The average Bonchev–Trinajstić information content (AvgIpc) is 3.05. The van der Waals surface area contributed by atoms with Gasteiger partial charge in [-0.25, -0.2) is 14.4 Å². The zero-order valence-electron chi connectivity index (χ0n) is 20.1. The molecule has 0 fully saturated rings. The molecule has 7 heteroatoms. The third-order valence-corrected chi connectivity index (χ3v) is 6.95. The maximum absolute atomic E-state index is 13.8. The largest absolute Gasteiger partial charge is 0.347 e. The van der Waals surface area contributed by atoms with E-state index < -0.39 is 0 Å². The highest BCUT2D eigenvalue weighted by atomic mass is 32.2. The van der Waals surface area contributed by atoms with Crippen molar-refractivity contribution in [3.8, 4) is 0 Å². The number of hydrogen-bond donors (Lipinski definition) is 0. The molecule has 172 valence electrons. The van der Waals surface area contributed by atoms with Gasteiger partial charge in [-0.3, -0.25) is 4.79 Å². The normalized spacial score (nSPS) is 13.4. The Morgan fingerprint density at radius 3 is 2.56 bits per heavy atom. The number of rotatable bonds is 8. The number of benzene rings is 1. The number of carbonyl (C=O) groups excluding carboxylic acids is 1. The van der Waals surface area contributed by atoms with E-state index in [2.05, 4.69) is 13.8 Å². The van der Waals surface area contributed by atoms with E-state index >= 15 is 0 Å². The Morgan fingerprint density at radius 1 is 1.22 bits per heavy atom. The summed E-state index contributed by atoms with van der Waals surface area (Å²) in [7, 11) is 3.56. The van der Waals surface area contributed by atoms with Gasteiger partial charge in [0.15, 0.2) is 5.65 Å². The van der Waals surface area contributed by atoms with Crippen LogP contribution in [0.4, 0.5) is 4.39 Å². The standard InChI is InChI=1S/C25H33FN4OS/c1-8-10-18-13-19(26)11-12-21(18)32-17(5)23-16(4)27-24-22(28-23)15(3)14-30(24)20(9-2)25(31)29(6)7/h11-14,17,20H,8-10H2,1-7H3. The molecule has 0 bridgehead atoms. The van der Waals surface area contributed by atoms with Crippen molar-refractivity contribution in [3.63, 3.8) is 0 Å². The van der Waals surface area contributed by atoms with E-state index in [1.165, 1.54) is 6.07 Å². The van der Waals surface area contributed by atoms with Crippen molar-refractivity contribution in [2.24, 2.45) is 0 Å². The van der Waals surface area contributed by atoms with Crippen molar-refractivity contribution in [3.05, 3.63) is 52.7 Å². The van der Waals surface area contributed by atoms with E-state index in [4.69, 9.17) is 9.97 Å². The molecule has 0 saturated carbocycles. The van der Waals surface area contributed by atoms with Gasteiger partial charge in [0.1, 0.15) is 17.4 Å². The first-order valence-corrected chi connectivity index (χ1v) is 12.1. The van der Waals surface area contributed by atoms with Crippen LogP contribution in [0.15, 0.2) is 29.3 Å².